The van der Waals surface area contributed by atoms with Gasteiger partial charge in [-0.3, -0.25) is 9.89 Å². The number of amides is 1. The van der Waals surface area contributed by atoms with Crippen LogP contribution in [0, 0.1) is 0 Å². The molecule has 2 rings (SSSR count). The number of benzene rings is 1. The lowest BCUT2D eigenvalue weighted by Gasteiger charge is -2.10. The van der Waals surface area contributed by atoms with Gasteiger partial charge in [0.25, 0.3) is 5.91 Å². The number of aromatic nitrogens is 2. The third-order valence-electron chi connectivity index (χ3n) is 2.82. The summed E-state index contributed by atoms with van der Waals surface area (Å²) >= 11 is 6.18. The van der Waals surface area contributed by atoms with Crippen molar-refractivity contribution in [1.29, 1.82) is 0 Å². The molecule has 5 nitrogen and oxygen atoms in total. The van der Waals surface area contributed by atoms with Gasteiger partial charge in [0.15, 0.2) is 0 Å². The molecular formula is C15H18ClN3O2. The molecule has 1 amide bonds. The van der Waals surface area contributed by atoms with Crippen molar-refractivity contribution in [3.63, 3.8) is 0 Å². The minimum Gasteiger partial charge on any atom is -0.492 e. The second-order valence-electron chi connectivity index (χ2n) is 4.87. The lowest BCUT2D eigenvalue weighted by atomic mass is 10.1. The minimum absolute atomic E-state index is 0.0594. The largest absolute Gasteiger partial charge is 0.492 e. The monoisotopic (exact) mass is 307 g/mol. The van der Waals surface area contributed by atoms with E-state index in [1.165, 1.54) is 6.20 Å². The Morgan fingerprint density at radius 1 is 1.48 bits per heavy atom. The molecule has 0 unspecified atom stereocenters. The number of hydrogen-bond donors (Lipinski definition) is 2. The summed E-state index contributed by atoms with van der Waals surface area (Å²) in [6.45, 7) is 6.26. The van der Waals surface area contributed by atoms with Gasteiger partial charge in [-0.1, -0.05) is 11.6 Å². The fourth-order valence-electron chi connectivity index (χ4n) is 1.95. The van der Waals surface area contributed by atoms with E-state index in [2.05, 4.69) is 15.5 Å². The first kappa shape index (κ1) is 15.4. The number of ether oxygens (including phenoxy) is 1. The van der Waals surface area contributed by atoms with Gasteiger partial charge in [0.1, 0.15) is 5.75 Å². The van der Waals surface area contributed by atoms with Crippen molar-refractivity contribution in [2.24, 2.45) is 0 Å². The molecule has 21 heavy (non-hydrogen) atoms. The third kappa shape index (κ3) is 3.55. The normalized spacial score (nSPS) is 10.7. The topological polar surface area (TPSA) is 67.0 Å². The summed E-state index contributed by atoms with van der Waals surface area (Å²) in [5.41, 5.74) is 1.91. The molecule has 1 aromatic carbocycles. The smallest absolute Gasteiger partial charge is 0.255 e. The Balaban J connectivity index is 2.33. The summed E-state index contributed by atoms with van der Waals surface area (Å²) < 4.78 is 5.40. The molecule has 1 aromatic heterocycles. The molecule has 0 radical (unpaired) electrons. The van der Waals surface area contributed by atoms with Gasteiger partial charge in [-0.05, 0) is 39.0 Å². The van der Waals surface area contributed by atoms with E-state index in [-0.39, 0.29) is 11.9 Å². The molecule has 1 heterocycles. The molecule has 2 aromatic rings. The minimum atomic E-state index is -0.168. The van der Waals surface area contributed by atoms with E-state index in [1.807, 2.05) is 26.8 Å². The maximum absolute atomic E-state index is 12.1. The lowest BCUT2D eigenvalue weighted by molar-refractivity contribution is 0.0944. The Bertz CT molecular complexity index is 638. The Morgan fingerprint density at radius 2 is 2.24 bits per heavy atom. The molecule has 0 fully saturated rings. The molecule has 0 spiro atoms. The molecule has 0 atom stereocenters. The lowest BCUT2D eigenvalue weighted by Crippen LogP contribution is -2.30. The maximum Gasteiger partial charge on any atom is 0.255 e. The fourth-order valence-corrected chi connectivity index (χ4v) is 2.18. The van der Waals surface area contributed by atoms with E-state index in [4.69, 9.17) is 16.3 Å². The van der Waals surface area contributed by atoms with Gasteiger partial charge < -0.3 is 10.1 Å². The summed E-state index contributed by atoms with van der Waals surface area (Å²) in [7, 11) is 0. The van der Waals surface area contributed by atoms with Crippen LogP contribution in [0.5, 0.6) is 5.75 Å². The van der Waals surface area contributed by atoms with Gasteiger partial charge in [-0.15, -0.1) is 0 Å². The fraction of sp³-hybridized carbons (Fsp3) is 0.333. The average Bonchev–Trinajstić information content (AvgIpc) is 2.90. The standard InChI is InChI=1S/C15H18ClN3O2/c1-4-21-13-6-5-10(7-12(13)16)14-11(8-17-19-14)15(20)18-9(2)3/h5-9H,4H2,1-3H3,(H,17,19)(H,18,20). The van der Waals surface area contributed by atoms with E-state index >= 15 is 0 Å². The molecule has 0 saturated carbocycles. The Hall–Kier alpha value is -2.01. The zero-order valence-corrected chi connectivity index (χ0v) is 13.0. The number of carbonyl (C=O) groups is 1. The number of nitrogens with zero attached hydrogens (tertiary/aromatic N) is 1. The van der Waals surface area contributed by atoms with Crippen LogP contribution in [0.2, 0.25) is 5.02 Å². The number of rotatable bonds is 5. The molecule has 2 N–H and O–H groups in total. The Kier molecular flexibility index (Phi) is 4.85. The quantitative estimate of drug-likeness (QED) is 0.891. The van der Waals surface area contributed by atoms with Crippen LogP contribution in [-0.2, 0) is 0 Å². The maximum atomic E-state index is 12.1. The Labute approximate surface area is 128 Å². The highest BCUT2D eigenvalue weighted by Crippen LogP contribution is 2.31. The first-order valence-corrected chi connectivity index (χ1v) is 7.17. The number of carbonyl (C=O) groups excluding carboxylic acids is 1. The van der Waals surface area contributed by atoms with Gasteiger partial charge >= 0.3 is 0 Å². The molecule has 6 heteroatoms. The van der Waals surface area contributed by atoms with Gasteiger partial charge in [0.05, 0.1) is 29.1 Å². The molecule has 0 aliphatic carbocycles. The average molecular weight is 308 g/mol. The molecular weight excluding hydrogens is 290 g/mol. The van der Waals surface area contributed by atoms with Crippen molar-refractivity contribution in [1.82, 2.24) is 15.5 Å². The van der Waals surface area contributed by atoms with Gasteiger partial charge in [-0.2, -0.15) is 5.10 Å². The Morgan fingerprint density at radius 3 is 2.86 bits per heavy atom. The van der Waals surface area contributed by atoms with E-state index in [9.17, 15) is 4.79 Å². The number of aromatic amines is 1. The summed E-state index contributed by atoms with van der Waals surface area (Å²) in [4.78, 5) is 12.1. The van der Waals surface area contributed by atoms with Crippen LogP contribution in [-0.4, -0.2) is 28.8 Å². The van der Waals surface area contributed by atoms with Crippen molar-refractivity contribution in [3.05, 3.63) is 35.0 Å². The second kappa shape index (κ2) is 6.63. The number of halogens is 1. The van der Waals surface area contributed by atoms with Crippen molar-refractivity contribution < 1.29 is 9.53 Å². The van der Waals surface area contributed by atoms with Crippen LogP contribution in [0.15, 0.2) is 24.4 Å². The number of nitrogens with one attached hydrogen (secondary N) is 2. The van der Waals surface area contributed by atoms with Crippen molar-refractivity contribution in [2.45, 2.75) is 26.8 Å². The van der Waals surface area contributed by atoms with E-state index in [0.717, 1.165) is 5.56 Å². The predicted molar refractivity (Wildman–Crippen MR) is 82.8 cm³/mol. The van der Waals surface area contributed by atoms with E-state index in [1.54, 1.807) is 12.1 Å². The number of H-pyrrole nitrogens is 1. The molecule has 112 valence electrons. The summed E-state index contributed by atoms with van der Waals surface area (Å²) in [6.07, 6.45) is 1.51. The zero-order valence-electron chi connectivity index (χ0n) is 12.2. The van der Waals surface area contributed by atoms with Crippen LogP contribution in [0.4, 0.5) is 0 Å². The first-order valence-electron chi connectivity index (χ1n) is 6.79. The van der Waals surface area contributed by atoms with E-state index < -0.39 is 0 Å². The van der Waals surface area contributed by atoms with Crippen LogP contribution in [0.25, 0.3) is 11.3 Å². The highest BCUT2D eigenvalue weighted by Gasteiger charge is 2.16. The van der Waals surface area contributed by atoms with Gasteiger partial charge in [0, 0.05) is 11.6 Å². The predicted octanol–water partition coefficient (Wildman–Crippen LogP) is 3.27. The highest BCUT2D eigenvalue weighted by molar-refractivity contribution is 6.32. The van der Waals surface area contributed by atoms with Crippen molar-refractivity contribution >= 4 is 17.5 Å². The van der Waals surface area contributed by atoms with Crippen LogP contribution >= 0.6 is 11.6 Å². The number of hydrogen-bond acceptors (Lipinski definition) is 3. The third-order valence-corrected chi connectivity index (χ3v) is 3.12. The molecule has 0 saturated heterocycles. The molecule has 0 bridgehead atoms. The highest BCUT2D eigenvalue weighted by atomic mass is 35.5. The van der Waals surface area contributed by atoms with Crippen LogP contribution in [0.1, 0.15) is 31.1 Å². The summed E-state index contributed by atoms with van der Waals surface area (Å²) in [6, 6.07) is 5.44. The van der Waals surface area contributed by atoms with Crippen molar-refractivity contribution in [2.75, 3.05) is 6.61 Å². The van der Waals surface area contributed by atoms with Crippen LogP contribution in [0.3, 0.4) is 0 Å². The van der Waals surface area contributed by atoms with Crippen molar-refractivity contribution in [3.8, 4) is 17.0 Å². The van der Waals surface area contributed by atoms with Gasteiger partial charge in [0.2, 0.25) is 0 Å². The summed E-state index contributed by atoms with van der Waals surface area (Å²) in [5, 5.41) is 10.1. The molecule has 0 aliphatic heterocycles. The SMILES string of the molecule is CCOc1ccc(-c2[nH]ncc2C(=O)NC(C)C)cc1Cl. The first-order chi connectivity index (χ1) is 10.0. The van der Waals surface area contributed by atoms with Gasteiger partial charge in [-0.25, -0.2) is 0 Å². The summed E-state index contributed by atoms with van der Waals surface area (Å²) in [5.74, 6) is 0.453. The second-order valence-corrected chi connectivity index (χ2v) is 5.27. The zero-order chi connectivity index (χ0) is 15.4. The van der Waals surface area contributed by atoms with E-state index in [0.29, 0.717) is 28.6 Å². The van der Waals surface area contributed by atoms with Crippen LogP contribution < -0.4 is 10.1 Å². The molecule has 0 aliphatic rings.